The van der Waals surface area contributed by atoms with Crippen molar-refractivity contribution in [1.29, 1.82) is 0 Å². The second-order valence-electron chi connectivity index (χ2n) is 4.84. The van der Waals surface area contributed by atoms with Gasteiger partial charge in [0, 0.05) is 29.5 Å². The van der Waals surface area contributed by atoms with Crippen molar-refractivity contribution in [3.63, 3.8) is 0 Å². The molecule has 4 nitrogen and oxygen atoms in total. The number of carbonyl (C=O) groups is 1. The van der Waals surface area contributed by atoms with Crippen LogP contribution in [0.25, 0.3) is 0 Å². The lowest BCUT2D eigenvalue weighted by Gasteiger charge is -2.19. The average molecular weight is 236 g/mol. The molecular weight excluding hydrogens is 216 g/mol. The highest BCUT2D eigenvalue weighted by Crippen LogP contribution is 2.26. The van der Waals surface area contributed by atoms with Gasteiger partial charge >= 0.3 is 0 Å². The van der Waals surface area contributed by atoms with Crippen molar-refractivity contribution >= 4 is 5.78 Å². The number of hydrogen-bond acceptors (Lipinski definition) is 3. The molecule has 0 saturated heterocycles. The standard InChI is InChI=1S/C13H20N2O2/c1-9-7-12(10(2)14-9)13(17)8-15(5-6-16)11-3-4-11/h7,11,14,16H,3-6,8H2,1-2H3. The fourth-order valence-corrected chi connectivity index (χ4v) is 2.24. The zero-order valence-corrected chi connectivity index (χ0v) is 10.5. The predicted molar refractivity (Wildman–Crippen MR) is 66.3 cm³/mol. The molecule has 1 aromatic rings. The number of aryl methyl sites for hydroxylation is 2. The van der Waals surface area contributed by atoms with E-state index in [1.807, 2.05) is 19.9 Å². The van der Waals surface area contributed by atoms with Crippen LogP contribution in [0.1, 0.15) is 34.6 Å². The summed E-state index contributed by atoms with van der Waals surface area (Å²) in [5.41, 5.74) is 2.74. The molecule has 0 radical (unpaired) electrons. The van der Waals surface area contributed by atoms with Gasteiger partial charge in [0.25, 0.3) is 0 Å². The number of rotatable bonds is 6. The molecule has 1 saturated carbocycles. The van der Waals surface area contributed by atoms with Crippen LogP contribution in [0.5, 0.6) is 0 Å². The van der Waals surface area contributed by atoms with Crippen molar-refractivity contribution in [2.45, 2.75) is 32.7 Å². The lowest BCUT2D eigenvalue weighted by atomic mass is 10.1. The van der Waals surface area contributed by atoms with Crippen molar-refractivity contribution in [2.75, 3.05) is 19.7 Å². The molecule has 17 heavy (non-hydrogen) atoms. The van der Waals surface area contributed by atoms with Gasteiger partial charge < -0.3 is 10.1 Å². The van der Waals surface area contributed by atoms with Crippen LogP contribution in [0.2, 0.25) is 0 Å². The number of aliphatic hydroxyl groups is 1. The van der Waals surface area contributed by atoms with Crippen LogP contribution in [0.15, 0.2) is 6.07 Å². The largest absolute Gasteiger partial charge is 0.395 e. The van der Waals surface area contributed by atoms with E-state index in [0.29, 0.717) is 19.1 Å². The molecule has 1 aliphatic carbocycles. The molecule has 0 bridgehead atoms. The minimum atomic E-state index is 0.120. The van der Waals surface area contributed by atoms with E-state index in [-0.39, 0.29) is 12.4 Å². The third-order valence-electron chi connectivity index (χ3n) is 3.25. The van der Waals surface area contributed by atoms with E-state index in [9.17, 15) is 4.79 Å². The molecule has 1 heterocycles. The van der Waals surface area contributed by atoms with Gasteiger partial charge in [0.1, 0.15) is 0 Å². The molecule has 4 heteroatoms. The third kappa shape index (κ3) is 2.96. The van der Waals surface area contributed by atoms with Gasteiger partial charge in [-0.05, 0) is 32.8 Å². The summed E-state index contributed by atoms with van der Waals surface area (Å²) in [7, 11) is 0. The number of H-pyrrole nitrogens is 1. The van der Waals surface area contributed by atoms with Crippen molar-refractivity contribution in [3.05, 3.63) is 23.0 Å². The number of aliphatic hydroxyl groups excluding tert-OH is 1. The minimum Gasteiger partial charge on any atom is -0.395 e. The summed E-state index contributed by atoms with van der Waals surface area (Å²) >= 11 is 0. The summed E-state index contributed by atoms with van der Waals surface area (Å²) in [5, 5.41) is 9.00. The Hall–Kier alpha value is -1.13. The molecule has 0 aromatic carbocycles. The number of Topliss-reactive ketones (excluding diaryl/α,β-unsaturated/α-hetero) is 1. The van der Waals surface area contributed by atoms with Crippen LogP contribution in [-0.2, 0) is 0 Å². The summed E-state index contributed by atoms with van der Waals surface area (Å²) in [4.78, 5) is 17.4. The van der Waals surface area contributed by atoms with Crippen LogP contribution in [0.4, 0.5) is 0 Å². The fourth-order valence-electron chi connectivity index (χ4n) is 2.24. The molecule has 0 aliphatic heterocycles. The van der Waals surface area contributed by atoms with E-state index in [1.54, 1.807) is 0 Å². The van der Waals surface area contributed by atoms with Gasteiger partial charge in [0.05, 0.1) is 13.2 Å². The quantitative estimate of drug-likeness (QED) is 0.731. The Morgan fingerprint density at radius 2 is 2.24 bits per heavy atom. The molecule has 0 spiro atoms. The molecule has 0 unspecified atom stereocenters. The van der Waals surface area contributed by atoms with Gasteiger partial charge in [-0.2, -0.15) is 0 Å². The fraction of sp³-hybridized carbons (Fsp3) is 0.615. The molecule has 0 amide bonds. The zero-order valence-electron chi connectivity index (χ0n) is 10.5. The maximum absolute atomic E-state index is 12.2. The normalized spacial score (nSPS) is 15.5. The number of hydrogen-bond donors (Lipinski definition) is 2. The molecular formula is C13H20N2O2. The summed E-state index contributed by atoms with van der Waals surface area (Å²) in [6, 6.07) is 2.41. The van der Waals surface area contributed by atoms with E-state index < -0.39 is 0 Å². The Morgan fingerprint density at radius 3 is 2.71 bits per heavy atom. The first-order valence-electron chi connectivity index (χ1n) is 6.16. The summed E-state index contributed by atoms with van der Waals surface area (Å²) in [6.45, 7) is 5.01. The Bertz CT molecular complexity index is 408. The zero-order chi connectivity index (χ0) is 12.4. The van der Waals surface area contributed by atoms with Crippen LogP contribution in [-0.4, -0.2) is 46.5 Å². The molecule has 1 aromatic heterocycles. The van der Waals surface area contributed by atoms with Crippen molar-refractivity contribution in [2.24, 2.45) is 0 Å². The number of ketones is 1. The number of aromatic amines is 1. The number of carbonyl (C=O) groups excluding carboxylic acids is 1. The monoisotopic (exact) mass is 236 g/mol. The Morgan fingerprint density at radius 1 is 1.53 bits per heavy atom. The second kappa shape index (κ2) is 5.02. The number of nitrogens with one attached hydrogen (secondary N) is 1. The van der Waals surface area contributed by atoms with E-state index in [1.165, 1.54) is 0 Å². The van der Waals surface area contributed by atoms with Crippen molar-refractivity contribution in [3.8, 4) is 0 Å². The van der Waals surface area contributed by atoms with Gasteiger partial charge in [0.2, 0.25) is 0 Å². The van der Waals surface area contributed by atoms with E-state index >= 15 is 0 Å². The molecule has 0 atom stereocenters. The summed E-state index contributed by atoms with van der Waals surface area (Å²) < 4.78 is 0. The SMILES string of the molecule is Cc1cc(C(=O)CN(CCO)C2CC2)c(C)[nH]1. The molecule has 2 N–H and O–H groups in total. The first kappa shape index (κ1) is 12.3. The Balaban J connectivity index is 2.02. The smallest absolute Gasteiger partial charge is 0.178 e. The van der Waals surface area contributed by atoms with Gasteiger partial charge in [-0.25, -0.2) is 0 Å². The first-order valence-corrected chi connectivity index (χ1v) is 6.16. The summed E-state index contributed by atoms with van der Waals surface area (Å²) in [6.07, 6.45) is 2.30. The van der Waals surface area contributed by atoms with Crippen LogP contribution in [0.3, 0.4) is 0 Å². The van der Waals surface area contributed by atoms with Crippen LogP contribution < -0.4 is 0 Å². The Kier molecular flexibility index (Phi) is 3.64. The lowest BCUT2D eigenvalue weighted by Crippen LogP contribution is -2.34. The maximum Gasteiger partial charge on any atom is 0.178 e. The molecule has 2 rings (SSSR count). The van der Waals surface area contributed by atoms with Gasteiger partial charge in [-0.3, -0.25) is 9.69 Å². The minimum absolute atomic E-state index is 0.120. The topological polar surface area (TPSA) is 56.3 Å². The first-order chi connectivity index (χ1) is 8.11. The summed E-state index contributed by atoms with van der Waals surface area (Å²) in [5.74, 6) is 0.146. The van der Waals surface area contributed by atoms with Crippen molar-refractivity contribution < 1.29 is 9.90 Å². The van der Waals surface area contributed by atoms with Crippen LogP contribution >= 0.6 is 0 Å². The highest BCUT2D eigenvalue weighted by Gasteiger charge is 2.30. The number of nitrogens with zero attached hydrogens (tertiary/aromatic N) is 1. The Labute approximate surface area is 102 Å². The van der Waals surface area contributed by atoms with Gasteiger partial charge in [-0.1, -0.05) is 0 Å². The highest BCUT2D eigenvalue weighted by atomic mass is 16.3. The van der Waals surface area contributed by atoms with E-state index in [0.717, 1.165) is 29.8 Å². The van der Waals surface area contributed by atoms with E-state index in [2.05, 4.69) is 9.88 Å². The van der Waals surface area contributed by atoms with Gasteiger partial charge in [0.15, 0.2) is 5.78 Å². The van der Waals surface area contributed by atoms with Crippen LogP contribution in [0, 0.1) is 13.8 Å². The lowest BCUT2D eigenvalue weighted by molar-refractivity contribution is 0.0906. The van der Waals surface area contributed by atoms with Gasteiger partial charge in [-0.15, -0.1) is 0 Å². The second-order valence-corrected chi connectivity index (χ2v) is 4.84. The molecule has 94 valence electrons. The predicted octanol–water partition coefficient (Wildman–Crippen LogP) is 1.27. The number of aromatic nitrogens is 1. The highest BCUT2D eigenvalue weighted by molar-refractivity contribution is 5.98. The third-order valence-corrected chi connectivity index (χ3v) is 3.25. The average Bonchev–Trinajstić information content (AvgIpc) is 3.04. The van der Waals surface area contributed by atoms with Crippen molar-refractivity contribution in [1.82, 2.24) is 9.88 Å². The molecule has 1 fully saturated rings. The maximum atomic E-state index is 12.2. The van der Waals surface area contributed by atoms with E-state index in [4.69, 9.17) is 5.11 Å². The molecule has 1 aliphatic rings.